The van der Waals surface area contributed by atoms with Crippen LogP contribution in [-0.4, -0.2) is 47.8 Å². The molecule has 1 N–H and O–H groups in total. The number of piperidine rings is 1. The lowest BCUT2D eigenvalue weighted by molar-refractivity contribution is -0.138. The number of nitrogens with one attached hydrogen (secondary N) is 1. The predicted molar refractivity (Wildman–Crippen MR) is 123 cm³/mol. The van der Waals surface area contributed by atoms with Gasteiger partial charge in [0.1, 0.15) is 5.82 Å². The molecule has 2 aromatic rings. The summed E-state index contributed by atoms with van der Waals surface area (Å²) >= 11 is 0. The van der Waals surface area contributed by atoms with Crippen molar-refractivity contribution < 1.29 is 14.0 Å². The summed E-state index contributed by atoms with van der Waals surface area (Å²) in [7, 11) is 0. The van der Waals surface area contributed by atoms with Gasteiger partial charge in [-0.3, -0.25) is 14.5 Å². The Morgan fingerprint density at radius 2 is 1.66 bits per heavy atom. The number of hydrogen-bond donors (Lipinski definition) is 1. The maximum absolute atomic E-state index is 13.4. The van der Waals surface area contributed by atoms with E-state index in [1.165, 1.54) is 17.7 Å². The summed E-state index contributed by atoms with van der Waals surface area (Å²) in [5, 5.41) is 2.83. The number of rotatable bonds is 6. The van der Waals surface area contributed by atoms with Crippen LogP contribution >= 0.6 is 0 Å². The summed E-state index contributed by atoms with van der Waals surface area (Å²) in [4.78, 5) is 29.9. The Morgan fingerprint density at radius 3 is 2.38 bits per heavy atom. The average molecular weight is 438 g/mol. The zero-order valence-corrected chi connectivity index (χ0v) is 18.5. The largest absolute Gasteiger partial charge is 0.338 e. The topological polar surface area (TPSA) is 52.7 Å². The maximum atomic E-state index is 13.4. The van der Waals surface area contributed by atoms with Gasteiger partial charge in [0.05, 0.1) is 6.54 Å². The number of carbonyl (C=O) groups is 2. The number of amides is 2. The molecular weight excluding hydrogens is 405 g/mol. The standard InChI is InChI=1S/C26H32FN3O2/c27-22-9-11-23(12-10-22)28-25(31)19-29-16-13-21(14-17-29)24-8-4-5-15-30(26(24)32)18-20-6-2-1-3-7-20/h1-3,6-7,9-12,21,24H,4-5,8,13-19H2,(H,28,31)/t24-/m0/s1. The van der Waals surface area contributed by atoms with Crippen molar-refractivity contribution in [1.29, 1.82) is 0 Å². The van der Waals surface area contributed by atoms with Gasteiger partial charge in [0.25, 0.3) is 0 Å². The van der Waals surface area contributed by atoms with Crippen LogP contribution < -0.4 is 5.32 Å². The van der Waals surface area contributed by atoms with Gasteiger partial charge in [-0.2, -0.15) is 0 Å². The molecule has 0 radical (unpaired) electrons. The fourth-order valence-corrected chi connectivity index (χ4v) is 4.98. The van der Waals surface area contributed by atoms with Gasteiger partial charge in [-0.05, 0) is 74.5 Å². The van der Waals surface area contributed by atoms with Crippen LogP contribution in [0.3, 0.4) is 0 Å². The SMILES string of the molecule is O=C(CN1CCC([C@@H]2CCCCN(Cc3ccccc3)C2=O)CC1)Nc1ccc(F)cc1. The molecule has 2 aliphatic rings. The lowest BCUT2D eigenvalue weighted by atomic mass is 9.81. The molecule has 0 aromatic heterocycles. The Kier molecular flexibility index (Phi) is 7.53. The van der Waals surface area contributed by atoms with Crippen molar-refractivity contribution >= 4 is 17.5 Å². The molecule has 2 heterocycles. The second-order valence-corrected chi connectivity index (χ2v) is 9.02. The van der Waals surface area contributed by atoms with Crippen molar-refractivity contribution in [2.75, 3.05) is 31.5 Å². The summed E-state index contributed by atoms with van der Waals surface area (Å²) < 4.78 is 13.0. The van der Waals surface area contributed by atoms with E-state index in [1.54, 1.807) is 12.1 Å². The van der Waals surface area contributed by atoms with Crippen molar-refractivity contribution in [2.24, 2.45) is 11.8 Å². The molecule has 2 aromatic carbocycles. The van der Waals surface area contributed by atoms with Crippen molar-refractivity contribution in [3.05, 3.63) is 66.0 Å². The lowest BCUT2D eigenvalue weighted by Gasteiger charge is -2.36. The summed E-state index contributed by atoms with van der Waals surface area (Å²) in [5.41, 5.74) is 1.79. The smallest absolute Gasteiger partial charge is 0.238 e. The monoisotopic (exact) mass is 437 g/mol. The first-order chi connectivity index (χ1) is 15.6. The Hall–Kier alpha value is -2.73. The van der Waals surface area contributed by atoms with Gasteiger partial charge < -0.3 is 10.2 Å². The Labute approximate surface area is 189 Å². The van der Waals surface area contributed by atoms with E-state index in [0.717, 1.165) is 51.7 Å². The lowest BCUT2D eigenvalue weighted by Crippen LogP contribution is -2.44. The molecule has 6 heteroatoms. The maximum Gasteiger partial charge on any atom is 0.238 e. The molecule has 2 aliphatic heterocycles. The highest BCUT2D eigenvalue weighted by atomic mass is 19.1. The molecule has 32 heavy (non-hydrogen) atoms. The zero-order valence-electron chi connectivity index (χ0n) is 18.5. The fraction of sp³-hybridized carbons (Fsp3) is 0.462. The number of hydrogen-bond acceptors (Lipinski definition) is 3. The number of likely N-dealkylation sites (tertiary alicyclic amines) is 2. The molecule has 4 rings (SSSR count). The minimum Gasteiger partial charge on any atom is -0.338 e. The van der Waals surface area contributed by atoms with Gasteiger partial charge in [0.15, 0.2) is 0 Å². The molecule has 5 nitrogen and oxygen atoms in total. The van der Waals surface area contributed by atoms with Crippen LogP contribution in [0.4, 0.5) is 10.1 Å². The van der Waals surface area contributed by atoms with Crippen molar-refractivity contribution in [2.45, 2.75) is 38.6 Å². The van der Waals surface area contributed by atoms with Gasteiger partial charge in [0.2, 0.25) is 11.8 Å². The van der Waals surface area contributed by atoms with E-state index >= 15 is 0 Å². The fourth-order valence-electron chi connectivity index (χ4n) is 4.98. The van der Waals surface area contributed by atoms with Crippen LogP contribution in [-0.2, 0) is 16.1 Å². The minimum absolute atomic E-state index is 0.0883. The Bertz CT molecular complexity index is 895. The number of nitrogens with zero attached hydrogens (tertiary/aromatic N) is 2. The predicted octanol–water partition coefficient (Wildman–Crippen LogP) is 4.31. The molecule has 2 fully saturated rings. The Morgan fingerprint density at radius 1 is 0.938 bits per heavy atom. The van der Waals surface area contributed by atoms with Crippen LogP contribution in [0.2, 0.25) is 0 Å². The van der Waals surface area contributed by atoms with E-state index in [2.05, 4.69) is 27.2 Å². The minimum atomic E-state index is -0.319. The van der Waals surface area contributed by atoms with E-state index < -0.39 is 0 Å². The third kappa shape index (κ3) is 5.94. The number of benzene rings is 2. The number of halogens is 1. The van der Waals surface area contributed by atoms with Crippen molar-refractivity contribution in [3.8, 4) is 0 Å². The second kappa shape index (κ2) is 10.7. The molecule has 0 aliphatic carbocycles. The van der Waals surface area contributed by atoms with Gasteiger partial charge in [-0.15, -0.1) is 0 Å². The molecule has 1 atom stereocenters. The molecule has 0 unspecified atom stereocenters. The van der Waals surface area contributed by atoms with Crippen molar-refractivity contribution in [1.82, 2.24) is 9.80 Å². The second-order valence-electron chi connectivity index (χ2n) is 9.02. The normalized spacial score (nSPS) is 20.7. The summed E-state index contributed by atoms with van der Waals surface area (Å²) in [6.45, 7) is 3.50. The first kappa shape index (κ1) is 22.5. The highest BCUT2D eigenvalue weighted by Crippen LogP contribution is 2.32. The highest BCUT2D eigenvalue weighted by molar-refractivity contribution is 5.92. The van der Waals surface area contributed by atoms with Gasteiger partial charge in [-0.1, -0.05) is 36.8 Å². The molecule has 0 spiro atoms. The van der Waals surface area contributed by atoms with Crippen molar-refractivity contribution in [3.63, 3.8) is 0 Å². The third-order valence-corrected chi connectivity index (χ3v) is 6.73. The van der Waals surface area contributed by atoms with Crippen LogP contribution in [0.1, 0.15) is 37.7 Å². The van der Waals surface area contributed by atoms with Gasteiger partial charge >= 0.3 is 0 Å². The van der Waals surface area contributed by atoms with Crippen LogP contribution in [0.25, 0.3) is 0 Å². The van der Waals surface area contributed by atoms with E-state index in [1.807, 2.05) is 18.2 Å². The third-order valence-electron chi connectivity index (χ3n) is 6.73. The highest BCUT2D eigenvalue weighted by Gasteiger charge is 2.35. The van der Waals surface area contributed by atoms with Gasteiger partial charge in [0, 0.05) is 24.7 Å². The van der Waals surface area contributed by atoms with E-state index in [9.17, 15) is 14.0 Å². The van der Waals surface area contributed by atoms with Crippen LogP contribution in [0.15, 0.2) is 54.6 Å². The molecule has 2 amide bonds. The van der Waals surface area contributed by atoms with E-state index in [4.69, 9.17) is 0 Å². The zero-order chi connectivity index (χ0) is 22.3. The summed E-state index contributed by atoms with van der Waals surface area (Å²) in [6, 6.07) is 16.0. The molecule has 0 bridgehead atoms. The number of carbonyl (C=O) groups excluding carboxylic acids is 2. The van der Waals surface area contributed by atoms with Gasteiger partial charge in [-0.25, -0.2) is 4.39 Å². The number of anilines is 1. The van der Waals surface area contributed by atoms with Crippen LogP contribution in [0, 0.1) is 17.7 Å². The molecule has 2 saturated heterocycles. The first-order valence-electron chi connectivity index (χ1n) is 11.7. The first-order valence-corrected chi connectivity index (χ1v) is 11.7. The van der Waals surface area contributed by atoms with E-state index in [0.29, 0.717) is 30.6 Å². The van der Waals surface area contributed by atoms with Crippen LogP contribution in [0.5, 0.6) is 0 Å². The molecule has 170 valence electrons. The average Bonchev–Trinajstić information content (AvgIpc) is 2.98. The summed E-state index contributed by atoms with van der Waals surface area (Å²) in [6.07, 6.45) is 5.03. The summed E-state index contributed by atoms with van der Waals surface area (Å²) in [5.74, 6) is 0.376. The van der Waals surface area contributed by atoms with E-state index in [-0.39, 0.29) is 17.6 Å². The molecule has 0 saturated carbocycles. The quantitative estimate of drug-likeness (QED) is 0.733. The molecular formula is C26H32FN3O2. The Balaban J connectivity index is 1.28.